The number of hydrogen-bond donors (Lipinski definition) is 2. The molecule has 3 N–H and O–H groups in total. The van der Waals surface area contributed by atoms with Crippen molar-refractivity contribution in [3.05, 3.63) is 29.8 Å². The number of nitrogens with one attached hydrogen (secondary N) is 1. The van der Waals surface area contributed by atoms with E-state index in [0.717, 1.165) is 12.1 Å². The SMILES string of the molecule is Nc1cccc(CC2CCCCCN2)c1. The molecule has 2 rings (SSSR count). The molecule has 1 atom stereocenters. The molecule has 1 aliphatic heterocycles. The third-order valence-corrected chi connectivity index (χ3v) is 3.10. The van der Waals surface area contributed by atoms with Crippen molar-refractivity contribution in [3.63, 3.8) is 0 Å². The lowest BCUT2D eigenvalue weighted by molar-refractivity contribution is 0.507. The molecule has 1 aromatic carbocycles. The largest absolute Gasteiger partial charge is 0.399 e. The molecule has 0 radical (unpaired) electrons. The normalized spacial score (nSPS) is 22.3. The molecule has 2 nitrogen and oxygen atoms in total. The number of benzene rings is 1. The molecule has 82 valence electrons. The number of nitrogen functional groups attached to an aromatic ring is 1. The lowest BCUT2D eigenvalue weighted by atomic mass is 10.0. The number of nitrogens with two attached hydrogens (primary N) is 1. The minimum Gasteiger partial charge on any atom is -0.399 e. The summed E-state index contributed by atoms with van der Waals surface area (Å²) in [6.45, 7) is 1.17. The van der Waals surface area contributed by atoms with Crippen LogP contribution in [0.25, 0.3) is 0 Å². The fraction of sp³-hybridized carbons (Fsp3) is 0.538. The van der Waals surface area contributed by atoms with Gasteiger partial charge in [0.2, 0.25) is 0 Å². The topological polar surface area (TPSA) is 38.0 Å². The lowest BCUT2D eigenvalue weighted by Crippen LogP contribution is -2.30. The average molecular weight is 204 g/mol. The highest BCUT2D eigenvalue weighted by Crippen LogP contribution is 2.14. The average Bonchev–Trinajstić information content (AvgIpc) is 2.46. The van der Waals surface area contributed by atoms with E-state index in [1.165, 1.54) is 37.8 Å². The Morgan fingerprint density at radius 3 is 3.07 bits per heavy atom. The first-order chi connectivity index (χ1) is 7.34. The Morgan fingerprint density at radius 2 is 2.20 bits per heavy atom. The van der Waals surface area contributed by atoms with Gasteiger partial charge in [-0.2, -0.15) is 0 Å². The maximum atomic E-state index is 5.77. The van der Waals surface area contributed by atoms with Crippen LogP contribution in [0.1, 0.15) is 31.2 Å². The molecular formula is C13H20N2. The summed E-state index contributed by atoms with van der Waals surface area (Å²) in [4.78, 5) is 0. The summed E-state index contributed by atoms with van der Waals surface area (Å²) in [7, 11) is 0. The van der Waals surface area contributed by atoms with Crippen LogP contribution in [-0.4, -0.2) is 12.6 Å². The summed E-state index contributed by atoms with van der Waals surface area (Å²) >= 11 is 0. The van der Waals surface area contributed by atoms with Crippen molar-refractivity contribution >= 4 is 5.69 Å². The Morgan fingerprint density at radius 1 is 1.27 bits per heavy atom. The van der Waals surface area contributed by atoms with E-state index in [1.54, 1.807) is 0 Å². The van der Waals surface area contributed by atoms with Crippen molar-refractivity contribution in [3.8, 4) is 0 Å². The summed E-state index contributed by atoms with van der Waals surface area (Å²) in [5.74, 6) is 0. The summed E-state index contributed by atoms with van der Waals surface area (Å²) in [6, 6.07) is 8.90. The number of hydrogen-bond acceptors (Lipinski definition) is 2. The third-order valence-electron chi connectivity index (χ3n) is 3.10. The first kappa shape index (κ1) is 10.5. The van der Waals surface area contributed by atoms with E-state index >= 15 is 0 Å². The van der Waals surface area contributed by atoms with Crippen LogP contribution in [0.3, 0.4) is 0 Å². The smallest absolute Gasteiger partial charge is 0.0316 e. The van der Waals surface area contributed by atoms with Crippen LogP contribution in [0.2, 0.25) is 0 Å². The van der Waals surface area contributed by atoms with Gasteiger partial charge in [0, 0.05) is 11.7 Å². The van der Waals surface area contributed by atoms with Gasteiger partial charge in [-0.05, 0) is 43.5 Å². The monoisotopic (exact) mass is 204 g/mol. The second kappa shape index (κ2) is 5.17. The molecule has 0 aliphatic carbocycles. The van der Waals surface area contributed by atoms with Gasteiger partial charge in [-0.25, -0.2) is 0 Å². The van der Waals surface area contributed by atoms with Crippen LogP contribution in [0.4, 0.5) is 5.69 Å². The van der Waals surface area contributed by atoms with Gasteiger partial charge >= 0.3 is 0 Å². The second-order valence-electron chi connectivity index (χ2n) is 4.45. The molecule has 0 saturated carbocycles. The van der Waals surface area contributed by atoms with Gasteiger partial charge in [0.25, 0.3) is 0 Å². The molecule has 15 heavy (non-hydrogen) atoms. The van der Waals surface area contributed by atoms with Crippen molar-refractivity contribution in [1.29, 1.82) is 0 Å². The van der Waals surface area contributed by atoms with Gasteiger partial charge in [0.1, 0.15) is 0 Å². The van der Waals surface area contributed by atoms with Gasteiger partial charge in [0.05, 0.1) is 0 Å². The van der Waals surface area contributed by atoms with Gasteiger partial charge in [-0.15, -0.1) is 0 Å². The fourth-order valence-electron chi connectivity index (χ4n) is 2.28. The third kappa shape index (κ3) is 3.24. The molecule has 0 amide bonds. The lowest BCUT2D eigenvalue weighted by Gasteiger charge is -2.15. The van der Waals surface area contributed by atoms with Crippen molar-refractivity contribution in [1.82, 2.24) is 5.32 Å². The van der Waals surface area contributed by atoms with E-state index in [4.69, 9.17) is 5.73 Å². The Kier molecular flexibility index (Phi) is 3.62. The molecule has 1 unspecified atom stereocenters. The maximum Gasteiger partial charge on any atom is 0.0316 e. The minimum absolute atomic E-state index is 0.647. The van der Waals surface area contributed by atoms with E-state index < -0.39 is 0 Å². The first-order valence-corrected chi connectivity index (χ1v) is 5.92. The highest BCUT2D eigenvalue weighted by molar-refractivity contribution is 5.40. The number of anilines is 1. The van der Waals surface area contributed by atoms with Crippen LogP contribution in [0, 0.1) is 0 Å². The molecule has 1 heterocycles. The van der Waals surface area contributed by atoms with Gasteiger partial charge in [-0.3, -0.25) is 0 Å². The molecule has 1 aromatic rings. The molecule has 1 saturated heterocycles. The molecule has 0 spiro atoms. The minimum atomic E-state index is 0.647. The summed E-state index contributed by atoms with van der Waals surface area (Å²) in [5.41, 5.74) is 8.01. The van der Waals surface area contributed by atoms with Crippen LogP contribution < -0.4 is 11.1 Å². The van der Waals surface area contributed by atoms with Crippen LogP contribution in [0.5, 0.6) is 0 Å². The highest BCUT2D eigenvalue weighted by Gasteiger charge is 2.11. The van der Waals surface area contributed by atoms with E-state index in [1.807, 2.05) is 12.1 Å². The molecule has 2 heteroatoms. The zero-order chi connectivity index (χ0) is 10.5. The van der Waals surface area contributed by atoms with Crippen molar-refractivity contribution in [2.45, 2.75) is 38.1 Å². The molecule has 0 bridgehead atoms. The van der Waals surface area contributed by atoms with Crippen LogP contribution >= 0.6 is 0 Å². The zero-order valence-electron chi connectivity index (χ0n) is 9.21. The quantitative estimate of drug-likeness (QED) is 0.726. The van der Waals surface area contributed by atoms with Gasteiger partial charge < -0.3 is 11.1 Å². The standard InChI is InChI=1S/C13H20N2/c14-12-6-4-5-11(9-12)10-13-7-2-1-3-8-15-13/h4-6,9,13,15H,1-3,7-8,10,14H2. The van der Waals surface area contributed by atoms with Gasteiger partial charge in [0.15, 0.2) is 0 Å². The Labute approximate surface area is 91.9 Å². The Balaban J connectivity index is 1.95. The second-order valence-corrected chi connectivity index (χ2v) is 4.45. The predicted molar refractivity (Wildman–Crippen MR) is 64.8 cm³/mol. The maximum absolute atomic E-state index is 5.77. The molecule has 1 fully saturated rings. The summed E-state index contributed by atoms with van der Waals surface area (Å²) in [6.07, 6.45) is 6.48. The first-order valence-electron chi connectivity index (χ1n) is 5.92. The fourth-order valence-corrected chi connectivity index (χ4v) is 2.28. The number of rotatable bonds is 2. The van der Waals surface area contributed by atoms with E-state index in [-0.39, 0.29) is 0 Å². The molecule has 0 aromatic heterocycles. The predicted octanol–water partition coefficient (Wildman–Crippen LogP) is 2.34. The van der Waals surface area contributed by atoms with E-state index in [2.05, 4.69) is 17.4 Å². The zero-order valence-corrected chi connectivity index (χ0v) is 9.21. The van der Waals surface area contributed by atoms with E-state index in [9.17, 15) is 0 Å². The summed E-state index contributed by atoms with van der Waals surface area (Å²) in [5, 5.41) is 3.61. The van der Waals surface area contributed by atoms with Crippen molar-refractivity contribution < 1.29 is 0 Å². The molecular weight excluding hydrogens is 184 g/mol. The van der Waals surface area contributed by atoms with Crippen molar-refractivity contribution in [2.75, 3.05) is 12.3 Å². The Bertz CT molecular complexity index is 301. The van der Waals surface area contributed by atoms with Crippen LogP contribution in [-0.2, 0) is 6.42 Å². The van der Waals surface area contributed by atoms with Gasteiger partial charge in [-0.1, -0.05) is 25.0 Å². The van der Waals surface area contributed by atoms with E-state index in [0.29, 0.717) is 6.04 Å². The summed E-state index contributed by atoms with van der Waals surface area (Å²) < 4.78 is 0. The molecule has 1 aliphatic rings. The Hall–Kier alpha value is -1.02. The van der Waals surface area contributed by atoms with Crippen molar-refractivity contribution in [2.24, 2.45) is 0 Å². The highest BCUT2D eigenvalue weighted by atomic mass is 14.9. The van der Waals surface area contributed by atoms with Crippen LogP contribution in [0.15, 0.2) is 24.3 Å².